The predicted molar refractivity (Wildman–Crippen MR) is 228 cm³/mol. The number of benzene rings is 7. The lowest BCUT2D eigenvalue weighted by Gasteiger charge is -2.14. The first-order chi connectivity index (χ1) is 27.7. The van der Waals surface area contributed by atoms with Crippen molar-refractivity contribution in [2.45, 2.75) is 0 Å². The van der Waals surface area contributed by atoms with Crippen LogP contribution in [0.4, 0.5) is 0 Å². The van der Waals surface area contributed by atoms with Crippen molar-refractivity contribution >= 4 is 53.6 Å². The summed E-state index contributed by atoms with van der Waals surface area (Å²) in [5.41, 5.74) is 9.98. The summed E-state index contributed by atoms with van der Waals surface area (Å²) < 4.78 is 8.61. The monoisotopic (exact) mass is 735 g/mol. The lowest BCUT2D eigenvalue weighted by atomic mass is 9.95. The van der Waals surface area contributed by atoms with Crippen molar-refractivity contribution in [3.8, 4) is 67.9 Å². The van der Waals surface area contributed by atoms with Gasteiger partial charge in [0.2, 0.25) is 0 Å². The van der Waals surface area contributed by atoms with Crippen LogP contribution in [0.15, 0.2) is 180 Å². The molecular formula is C49H29N5OS. The Morgan fingerprint density at radius 3 is 1.66 bits per heavy atom. The van der Waals surface area contributed by atoms with Gasteiger partial charge in [0.25, 0.3) is 0 Å². The van der Waals surface area contributed by atoms with E-state index in [4.69, 9.17) is 29.3 Å². The number of hydrogen-bond donors (Lipinski definition) is 0. The molecule has 0 bridgehead atoms. The minimum absolute atomic E-state index is 0.546. The molecule has 0 saturated heterocycles. The van der Waals surface area contributed by atoms with Gasteiger partial charge in [0.05, 0.1) is 15.9 Å². The van der Waals surface area contributed by atoms with E-state index in [0.29, 0.717) is 23.3 Å². The van der Waals surface area contributed by atoms with Gasteiger partial charge >= 0.3 is 0 Å². The largest absolute Gasteiger partial charge is 0.456 e. The molecule has 0 aliphatic rings. The maximum atomic E-state index is 6.37. The molecule has 0 N–H and O–H groups in total. The molecular weight excluding hydrogens is 707 g/mol. The first kappa shape index (κ1) is 32.1. The van der Waals surface area contributed by atoms with Crippen LogP contribution in [0, 0.1) is 0 Å². The summed E-state index contributed by atoms with van der Waals surface area (Å²) in [6.07, 6.45) is 0. The van der Waals surface area contributed by atoms with Crippen LogP contribution in [0.25, 0.3) is 110 Å². The van der Waals surface area contributed by atoms with Crippen LogP contribution in [0.1, 0.15) is 0 Å². The lowest BCUT2D eigenvalue weighted by Crippen LogP contribution is -2.02. The highest BCUT2D eigenvalue weighted by atomic mass is 32.1. The van der Waals surface area contributed by atoms with Gasteiger partial charge in [-0.15, -0.1) is 11.3 Å². The topological polar surface area (TPSA) is 77.6 Å². The third-order valence-electron chi connectivity index (χ3n) is 10.2. The number of rotatable bonds is 6. The molecule has 4 aromatic heterocycles. The number of fused-ring (bicyclic) bond motifs is 6. The summed E-state index contributed by atoms with van der Waals surface area (Å²) in [7, 11) is 0. The van der Waals surface area contributed by atoms with E-state index in [1.54, 1.807) is 11.3 Å². The van der Waals surface area contributed by atoms with E-state index in [-0.39, 0.29) is 0 Å². The third kappa shape index (κ3) is 5.52. The SMILES string of the molecule is c1ccc(-c2nc(-c3ccccc3)nc(-c3cc(-c4nc(-c5ccccc5)c5sc6ccccc6c5n4)ccc3-c3ccc4c(c3)oc3ccccc34)n2)cc1. The quantitative estimate of drug-likeness (QED) is 0.169. The van der Waals surface area contributed by atoms with Crippen molar-refractivity contribution in [3.63, 3.8) is 0 Å². The number of hydrogen-bond acceptors (Lipinski definition) is 7. The van der Waals surface area contributed by atoms with Gasteiger partial charge in [-0.25, -0.2) is 24.9 Å². The number of furan rings is 1. The third-order valence-corrected chi connectivity index (χ3v) is 11.3. The van der Waals surface area contributed by atoms with Crippen molar-refractivity contribution in [2.75, 3.05) is 0 Å². The second kappa shape index (κ2) is 13.2. The Morgan fingerprint density at radius 2 is 0.929 bits per heavy atom. The van der Waals surface area contributed by atoms with Crippen molar-refractivity contribution in [1.29, 1.82) is 0 Å². The zero-order valence-corrected chi connectivity index (χ0v) is 30.6. The summed E-state index contributed by atoms with van der Waals surface area (Å²) >= 11 is 1.73. The first-order valence-corrected chi connectivity index (χ1v) is 19.2. The molecule has 4 heterocycles. The minimum Gasteiger partial charge on any atom is -0.456 e. The summed E-state index contributed by atoms with van der Waals surface area (Å²) in [5.74, 6) is 2.35. The molecule has 7 aromatic carbocycles. The number of thiophene rings is 1. The van der Waals surface area contributed by atoms with Crippen LogP contribution in [0.2, 0.25) is 0 Å². The summed E-state index contributed by atoms with van der Waals surface area (Å²) in [6.45, 7) is 0. The Balaban J connectivity index is 1.18. The van der Waals surface area contributed by atoms with Crippen molar-refractivity contribution in [2.24, 2.45) is 0 Å². The lowest BCUT2D eigenvalue weighted by molar-refractivity contribution is 0.669. The molecule has 11 rings (SSSR count). The fourth-order valence-electron chi connectivity index (χ4n) is 7.45. The first-order valence-electron chi connectivity index (χ1n) is 18.4. The molecule has 6 nitrogen and oxygen atoms in total. The molecule has 11 aromatic rings. The fourth-order valence-corrected chi connectivity index (χ4v) is 8.61. The zero-order chi connectivity index (χ0) is 37.0. The Labute approximate surface area is 325 Å². The van der Waals surface area contributed by atoms with Crippen LogP contribution in [0.3, 0.4) is 0 Å². The summed E-state index contributed by atoms with van der Waals surface area (Å²) in [4.78, 5) is 25.9. The van der Waals surface area contributed by atoms with Gasteiger partial charge in [0.1, 0.15) is 11.2 Å². The minimum atomic E-state index is 0.546. The zero-order valence-electron chi connectivity index (χ0n) is 29.8. The average Bonchev–Trinajstić information content (AvgIpc) is 3.85. The highest BCUT2D eigenvalue weighted by molar-refractivity contribution is 7.26. The highest BCUT2D eigenvalue weighted by Gasteiger charge is 2.21. The van der Waals surface area contributed by atoms with E-state index < -0.39 is 0 Å². The Morgan fingerprint density at radius 1 is 0.357 bits per heavy atom. The van der Waals surface area contributed by atoms with E-state index in [1.165, 1.54) is 4.70 Å². The van der Waals surface area contributed by atoms with Crippen LogP contribution in [-0.2, 0) is 0 Å². The molecule has 262 valence electrons. The summed E-state index contributed by atoms with van der Waals surface area (Å²) in [5, 5.41) is 3.27. The molecule has 0 aliphatic heterocycles. The van der Waals surface area contributed by atoms with Crippen LogP contribution in [-0.4, -0.2) is 24.9 Å². The van der Waals surface area contributed by atoms with E-state index in [2.05, 4.69) is 91.0 Å². The molecule has 7 heteroatoms. The van der Waals surface area contributed by atoms with Gasteiger partial charge in [0, 0.05) is 48.7 Å². The van der Waals surface area contributed by atoms with E-state index >= 15 is 0 Å². The van der Waals surface area contributed by atoms with Crippen molar-refractivity contribution < 1.29 is 4.42 Å². The molecule has 56 heavy (non-hydrogen) atoms. The summed E-state index contributed by atoms with van der Waals surface area (Å²) in [6, 6.07) is 59.8. The highest BCUT2D eigenvalue weighted by Crippen LogP contribution is 2.42. The van der Waals surface area contributed by atoms with Gasteiger partial charge < -0.3 is 4.42 Å². The normalized spacial score (nSPS) is 11.6. The molecule has 0 atom stereocenters. The fraction of sp³-hybridized carbons (Fsp3) is 0. The Hall–Kier alpha value is -7.35. The standard InChI is InChI=1S/C49H29N5OS/c1-4-14-30(15-5-1)43-45-44(38-21-11-13-23-42(38)56-45)51-48(50-43)34-25-26-35(33-24-27-37-36-20-10-12-22-40(36)55-41(37)29-33)39(28-34)49-53-46(31-16-6-2-7-17-31)52-47(54-49)32-18-8-3-9-19-32/h1-29H. The molecule has 0 spiro atoms. The number of nitrogens with zero attached hydrogens (tertiary/aromatic N) is 5. The van der Waals surface area contributed by atoms with Gasteiger partial charge in [-0.05, 0) is 41.5 Å². The van der Waals surface area contributed by atoms with Gasteiger partial charge in [-0.2, -0.15) is 0 Å². The van der Waals surface area contributed by atoms with Crippen molar-refractivity contribution in [1.82, 2.24) is 24.9 Å². The predicted octanol–water partition coefficient (Wildman–Crippen LogP) is 12.9. The molecule has 0 amide bonds. The molecule has 0 radical (unpaired) electrons. The second-order valence-corrected chi connectivity index (χ2v) is 14.7. The Kier molecular flexibility index (Phi) is 7.57. The molecule has 0 aliphatic carbocycles. The van der Waals surface area contributed by atoms with E-state index in [9.17, 15) is 0 Å². The maximum Gasteiger partial charge on any atom is 0.164 e. The second-order valence-electron chi connectivity index (χ2n) is 13.6. The van der Waals surface area contributed by atoms with Gasteiger partial charge in [-0.3, -0.25) is 0 Å². The molecule has 0 unspecified atom stereocenters. The van der Waals surface area contributed by atoms with E-state index in [0.717, 1.165) is 82.2 Å². The molecule has 0 saturated carbocycles. The maximum absolute atomic E-state index is 6.37. The van der Waals surface area contributed by atoms with Crippen LogP contribution in [0.5, 0.6) is 0 Å². The number of aromatic nitrogens is 5. The number of para-hydroxylation sites is 1. The van der Waals surface area contributed by atoms with Gasteiger partial charge in [0.15, 0.2) is 23.3 Å². The van der Waals surface area contributed by atoms with Gasteiger partial charge in [-0.1, -0.05) is 146 Å². The van der Waals surface area contributed by atoms with Crippen molar-refractivity contribution in [3.05, 3.63) is 176 Å². The van der Waals surface area contributed by atoms with Crippen LogP contribution >= 0.6 is 11.3 Å². The van der Waals surface area contributed by atoms with E-state index in [1.807, 2.05) is 84.9 Å². The molecule has 0 fully saturated rings. The average molecular weight is 736 g/mol. The van der Waals surface area contributed by atoms with Crippen LogP contribution < -0.4 is 0 Å². The smallest absolute Gasteiger partial charge is 0.164 e. The Bertz CT molecular complexity index is 3190.